The molecule has 0 aliphatic rings. The second kappa shape index (κ2) is 5.45. The molecule has 3 nitrogen and oxygen atoms in total. The Labute approximate surface area is 121 Å². The van der Waals surface area contributed by atoms with Crippen LogP contribution < -0.4 is 11.1 Å². The zero-order valence-electron chi connectivity index (χ0n) is 10.8. The highest BCUT2D eigenvalue weighted by Crippen LogP contribution is 2.24. The predicted molar refractivity (Wildman–Crippen MR) is 82.4 cm³/mol. The van der Waals surface area contributed by atoms with Crippen LogP contribution in [0.25, 0.3) is 0 Å². The monoisotopic (exact) mass is 318 g/mol. The summed E-state index contributed by atoms with van der Waals surface area (Å²) in [6.45, 7) is 3.91. The van der Waals surface area contributed by atoms with Crippen LogP contribution in [0.2, 0.25) is 0 Å². The second-order valence-corrected chi connectivity index (χ2v) is 5.38. The van der Waals surface area contributed by atoms with Crippen molar-refractivity contribution in [1.82, 2.24) is 0 Å². The highest BCUT2D eigenvalue weighted by atomic mass is 79.9. The summed E-state index contributed by atoms with van der Waals surface area (Å²) in [5, 5.41) is 2.86. The van der Waals surface area contributed by atoms with Crippen molar-refractivity contribution in [3.63, 3.8) is 0 Å². The van der Waals surface area contributed by atoms with Gasteiger partial charge in [-0.05, 0) is 65.2 Å². The van der Waals surface area contributed by atoms with Crippen LogP contribution in [0.15, 0.2) is 40.9 Å². The molecule has 0 aliphatic heterocycles. The van der Waals surface area contributed by atoms with E-state index in [0.29, 0.717) is 11.3 Å². The van der Waals surface area contributed by atoms with Crippen LogP contribution in [0.1, 0.15) is 21.5 Å². The molecule has 0 spiro atoms. The van der Waals surface area contributed by atoms with Gasteiger partial charge in [0.25, 0.3) is 5.91 Å². The van der Waals surface area contributed by atoms with Crippen molar-refractivity contribution in [2.24, 2.45) is 0 Å². The smallest absolute Gasteiger partial charge is 0.257 e. The average Bonchev–Trinajstić information content (AvgIpc) is 2.33. The highest BCUT2D eigenvalue weighted by molar-refractivity contribution is 9.10. The van der Waals surface area contributed by atoms with Crippen LogP contribution in [0.3, 0.4) is 0 Å². The third-order valence-corrected chi connectivity index (χ3v) is 3.51. The maximum atomic E-state index is 12.2. The third kappa shape index (κ3) is 3.15. The third-order valence-electron chi connectivity index (χ3n) is 2.82. The van der Waals surface area contributed by atoms with E-state index in [4.69, 9.17) is 5.73 Å². The van der Waals surface area contributed by atoms with E-state index in [1.165, 1.54) is 0 Å². The summed E-state index contributed by atoms with van der Waals surface area (Å²) in [5.74, 6) is -0.205. The minimum atomic E-state index is -0.205. The minimum Gasteiger partial charge on any atom is -0.398 e. The fraction of sp³-hybridized carbons (Fsp3) is 0.133. The Morgan fingerprint density at radius 1 is 1.11 bits per heavy atom. The van der Waals surface area contributed by atoms with Gasteiger partial charge in [-0.3, -0.25) is 4.79 Å². The van der Waals surface area contributed by atoms with Crippen LogP contribution >= 0.6 is 15.9 Å². The van der Waals surface area contributed by atoms with Gasteiger partial charge >= 0.3 is 0 Å². The first kappa shape index (κ1) is 13.6. The number of amides is 1. The normalized spacial score (nSPS) is 10.3. The first-order chi connectivity index (χ1) is 8.97. The average molecular weight is 319 g/mol. The minimum absolute atomic E-state index is 0.205. The summed E-state index contributed by atoms with van der Waals surface area (Å²) in [7, 11) is 0. The Morgan fingerprint density at radius 3 is 2.42 bits per heavy atom. The molecule has 98 valence electrons. The van der Waals surface area contributed by atoms with E-state index >= 15 is 0 Å². The standard InChI is InChI=1S/C15H15BrN2O/c1-9-3-5-11(13(17)7-9)15(19)18-14-8-10(2)4-6-12(14)16/h3-8H,17H2,1-2H3,(H,18,19). The number of carbonyl (C=O) groups excluding carboxylic acids is 1. The largest absolute Gasteiger partial charge is 0.398 e. The first-order valence-corrected chi connectivity index (χ1v) is 6.70. The first-order valence-electron chi connectivity index (χ1n) is 5.91. The van der Waals surface area contributed by atoms with Crippen molar-refractivity contribution >= 4 is 33.2 Å². The lowest BCUT2D eigenvalue weighted by molar-refractivity contribution is 0.102. The van der Waals surface area contributed by atoms with E-state index < -0.39 is 0 Å². The van der Waals surface area contributed by atoms with Crippen LogP contribution in [-0.2, 0) is 0 Å². The Balaban J connectivity index is 2.28. The van der Waals surface area contributed by atoms with Gasteiger partial charge in [0.1, 0.15) is 0 Å². The molecule has 19 heavy (non-hydrogen) atoms. The Morgan fingerprint density at radius 2 is 1.74 bits per heavy atom. The summed E-state index contributed by atoms with van der Waals surface area (Å²) < 4.78 is 0.845. The molecule has 2 aromatic carbocycles. The van der Waals surface area contributed by atoms with Crippen LogP contribution in [0, 0.1) is 13.8 Å². The fourth-order valence-electron chi connectivity index (χ4n) is 1.81. The number of nitrogens with one attached hydrogen (secondary N) is 1. The molecule has 1 amide bonds. The van der Waals surface area contributed by atoms with Crippen LogP contribution in [0.4, 0.5) is 11.4 Å². The van der Waals surface area contributed by atoms with E-state index in [1.54, 1.807) is 12.1 Å². The van der Waals surface area contributed by atoms with E-state index in [-0.39, 0.29) is 5.91 Å². The summed E-state index contributed by atoms with van der Waals surface area (Å²) in [6, 6.07) is 11.2. The number of rotatable bonds is 2. The fourth-order valence-corrected chi connectivity index (χ4v) is 2.16. The van der Waals surface area contributed by atoms with E-state index in [9.17, 15) is 4.79 Å². The lowest BCUT2D eigenvalue weighted by Crippen LogP contribution is -2.14. The number of nitrogens with two attached hydrogens (primary N) is 1. The Hall–Kier alpha value is -1.81. The molecule has 0 aromatic heterocycles. The molecule has 0 atom stereocenters. The number of hydrogen-bond donors (Lipinski definition) is 2. The van der Waals surface area contributed by atoms with Gasteiger partial charge < -0.3 is 11.1 Å². The molecule has 0 radical (unpaired) electrons. The highest BCUT2D eigenvalue weighted by Gasteiger charge is 2.11. The number of hydrogen-bond acceptors (Lipinski definition) is 2. The van der Waals surface area contributed by atoms with Gasteiger partial charge in [0.2, 0.25) is 0 Å². The molecule has 3 N–H and O–H groups in total. The van der Waals surface area contributed by atoms with Crippen molar-refractivity contribution in [2.45, 2.75) is 13.8 Å². The molecule has 0 saturated carbocycles. The quantitative estimate of drug-likeness (QED) is 0.825. The van der Waals surface area contributed by atoms with E-state index in [2.05, 4.69) is 21.2 Å². The number of carbonyl (C=O) groups is 1. The maximum Gasteiger partial charge on any atom is 0.257 e. The summed E-state index contributed by atoms with van der Waals surface area (Å²) >= 11 is 3.42. The van der Waals surface area contributed by atoms with Gasteiger partial charge in [-0.25, -0.2) is 0 Å². The molecular formula is C15H15BrN2O. The molecule has 0 bridgehead atoms. The van der Waals surface area contributed by atoms with Gasteiger partial charge in [0, 0.05) is 10.2 Å². The Kier molecular flexibility index (Phi) is 3.90. The van der Waals surface area contributed by atoms with Crippen molar-refractivity contribution < 1.29 is 4.79 Å². The number of benzene rings is 2. The zero-order chi connectivity index (χ0) is 14.0. The van der Waals surface area contributed by atoms with Gasteiger partial charge in [0.05, 0.1) is 11.3 Å². The molecule has 0 saturated heterocycles. The molecule has 0 aliphatic carbocycles. The number of anilines is 2. The van der Waals surface area contributed by atoms with Gasteiger partial charge in [-0.15, -0.1) is 0 Å². The van der Waals surface area contributed by atoms with Crippen molar-refractivity contribution in [1.29, 1.82) is 0 Å². The van der Waals surface area contributed by atoms with Gasteiger partial charge in [-0.2, -0.15) is 0 Å². The molecule has 0 fully saturated rings. The van der Waals surface area contributed by atoms with Crippen LogP contribution in [0.5, 0.6) is 0 Å². The molecule has 0 heterocycles. The van der Waals surface area contributed by atoms with Crippen molar-refractivity contribution in [3.8, 4) is 0 Å². The maximum absolute atomic E-state index is 12.2. The lowest BCUT2D eigenvalue weighted by Gasteiger charge is -2.10. The molecule has 2 rings (SSSR count). The van der Waals surface area contributed by atoms with Crippen LogP contribution in [-0.4, -0.2) is 5.91 Å². The van der Waals surface area contributed by atoms with Gasteiger partial charge in [-0.1, -0.05) is 12.1 Å². The van der Waals surface area contributed by atoms with E-state index in [0.717, 1.165) is 21.3 Å². The number of halogens is 1. The zero-order valence-corrected chi connectivity index (χ0v) is 12.4. The lowest BCUT2D eigenvalue weighted by atomic mass is 10.1. The van der Waals surface area contributed by atoms with Crippen molar-refractivity contribution in [2.75, 3.05) is 11.1 Å². The van der Waals surface area contributed by atoms with E-state index in [1.807, 2.05) is 38.1 Å². The Bertz CT molecular complexity index is 638. The van der Waals surface area contributed by atoms with Gasteiger partial charge in [0.15, 0.2) is 0 Å². The topological polar surface area (TPSA) is 55.1 Å². The number of aryl methyl sites for hydroxylation is 2. The second-order valence-electron chi connectivity index (χ2n) is 4.53. The summed E-state index contributed by atoms with van der Waals surface area (Å²) in [6.07, 6.45) is 0. The summed E-state index contributed by atoms with van der Waals surface area (Å²) in [4.78, 5) is 12.2. The molecule has 4 heteroatoms. The van der Waals surface area contributed by atoms with Crippen molar-refractivity contribution in [3.05, 3.63) is 57.6 Å². The SMILES string of the molecule is Cc1ccc(C(=O)Nc2cc(C)ccc2Br)c(N)c1. The molecular weight excluding hydrogens is 304 g/mol. The number of nitrogen functional groups attached to an aromatic ring is 1. The molecule has 2 aromatic rings. The summed E-state index contributed by atoms with van der Waals surface area (Å²) in [5.41, 5.74) is 9.70. The predicted octanol–water partition coefficient (Wildman–Crippen LogP) is 3.90. The molecule has 0 unspecified atom stereocenters.